The van der Waals surface area contributed by atoms with Gasteiger partial charge in [-0.05, 0) is 43.2 Å². The van der Waals surface area contributed by atoms with Crippen molar-refractivity contribution in [2.24, 2.45) is 0 Å². The molecule has 0 radical (unpaired) electrons. The third-order valence-corrected chi connectivity index (χ3v) is 2.99. The molecule has 0 fully saturated rings. The highest BCUT2D eigenvalue weighted by molar-refractivity contribution is 6.08. The molecule has 2 rings (SSSR count). The highest BCUT2D eigenvalue weighted by Gasteiger charge is 2.15. The lowest BCUT2D eigenvalue weighted by atomic mass is 10.1. The maximum absolute atomic E-state index is 13.3. The number of benzene rings is 2. The summed E-state index contributed by atoms with van der Waals surface area (Å²) in [5.74, 6) is -1.23. The quantitative estimate of drug-likeness (QED) is 0.582. The summed E-state index contributed by atoms with van der Waals surface area (Å²) in [4.78, 5) is 12.1. The summed E-state index contributed by atoms with van der Waals surface area (Å²) < 4.78 is 13.3. The minimum atomic E-state index is -0.651. The Labute approximate surface area is 116 Å². The molecule has 0 saturated heterocycles. The van der Waals surface area contributed by atoms with Crippen molar-refractivity contribution in [1.82, 2.24) is 0 Å². The molecule has 0 spiro atoms. The van der Waals surface area contributed by atoms with E-state index in [1.54, 1.807) is 19.1 Å². The van der Waals surface area contributed by atoms with Crippen LogP contribution < -0.4 is 11.1 Å². The van der Waals surface area contributed by atoms with Crippen LogP contribution in [0, 0.1) is 19.7 Å². The van der Waals surface area contributed by atoms with Crippen LogP contribution in [-0.4, -0.2) is 11.0 Å². The van der Waals surface area contributed by atoms with Crippen molar-refractivity contribution in [2.45, 2.75) is 13.8 Å². The number of aromatic hydroxyl groups is 1. The molecule has 0 aliphatic carbocycles. The minimum Gasteiger partial charge on any atom is -0.505 e. The second kappa shape index (κ2) is 5.21. The van der Waals surface area contributed by atoms with Crippen LogP contribution in [0.3, 0.4) is 0 Å². The molecule has 0 heterocycles. The van der Waals surface area contributed by atoms with E-state index in [4.69, 9.17) is 5.73 Å². The highest BCUT2D eigenvalue weighted by atomic mass is 19.1. The Bertz CT molecular complexity index is 684. The first kappa shape index (κ1) is 13.9. The Balaban J connectivity index is 2.35. The lowest BCUT2D eigenvalue weighted by Gasteiger charge is -2.12. The predicted molar refractivity (Wildman–Crippen MR) is 76.3 cm³/mol. The van der Waals surface area contributed by atoms with Crippen molar-refractivity contribution >= 4 is 17.3 Å². The van der Waals surface area contributed by atoms with E-state index < -0.39 is 11.7 Å². The molecule has 0 aliphatic rings. The topological polar surface area (TPSA) is 75.3 Å². The van der Waals surface area contributed by atoms with E-state index in [9.17, 15) is 14.3 Å². The number of nitrogens with two attached hydrogens (primary N) is 1. The largest absolute Gasteiger partial charge is 0.505 e. The predicted octanol–water partition coefficient (Wildman–Crippen LogP) is 2.98. The van der Waals surface area contributed by atoms with Gasteiger partial charge >= 0.3 is 0 Å². The number of phenolic OH excluding ortho intramolecular Hbond substituents is 1. The summed E-state index contributed by atoms with van der Waals surface area (Å²) in [5.41, 5.74) is 7.17. The van der Waals surface area contributed by atoms with Crippen molar-refractivity contribution in [1.29, 1.82) is 0 Å². The molecule has 2 aromatic carbocycles. The van der Waals surface area contributed by atoms with Gasteiger partial charge in [0.25, 0.3) is 5.91 Å². The third kappa shape index (κ3) is 2.56. The Kier molecular flexibility index (Phi) is 3.61. The zero-order valence-corrected chi connectivity index (χ0v) is 11.2. The summed E-state index contributed by atoms with van der Waals surface area (Å²) in [6.07, 6.45) is 0. The summed E-state index contributed by atoms with van der Waals surface area (Å²) >= 11 is 0. The van der Waals surface area contributed by atoms with Crippen molar-refractivity contribution in [2.75, 3.05) is 11.1 Å². The van der Waals surface area contributed by atoms with Crippen LogP contribution in [0.4, 0.5) is 15.8 Å². The molecule has 0 aromatic heterocycles. The van der Waals surface area contributed by atoms with Gasteiger partial charge in [-0.25, -0.2) is 4.39 Å². The summed E-state index contributed by atoms with van der Waals surface area (Å²) in [5, 5.41) is 12.5. The van der Waals surface area contributed by atoms with Gasteiger partial charge in [-0.15, -0.1) is 0 Å². The number of amides is 1. The molecule has 0 unspecified atom stereocenters. The molecule has 4 N–H and O–H groups in total. The number of hydrogen-bond donors (Lipinski definition) is 3. The number of hydrogen-bond acceptors (Lipinski definition) is 3. The molecule has 0 atom stereocenters. The van der Waals surface area contributed by atoms with Crippen LogP contribution in [-0.2, 0) is 0 Å². The van der Waals surface area contributed by atoms with Gasteiger partial charge in [0.15, 0.2) is 0 Å². The van der Waals surface area contributed by atoms with Crippen molar-refractivity contribution in [3.8, 4) is 5.75 Å². The molecule has 4 nitrogen and oxygen atoms in total. The molecule has 5 heteroatoms. The SMILES string of the molecule is Cc1cc(C)c(O)c(NC(=O)c2cccc(F)c2N)c1. The third-order valence-electron chi connectivity index (χ3n) is 2.99. The molecule has 0 aliphatic heterocycles. The number of carbonyl (C=O) groups excluding carboxylic acids is 1. The van der Waals surface area contributed by atoms with E-state index in [0.29, 0.717) is 5.56 Å². The van der Waals surface area contributed by atoms with Gasteiger partial charge in [0.05, 0.1) is 16.9 Å². The average Bonchev–Trinajstić information content (AvgIpc) is 2.38. The Morgan fingerprint density at radius 2 is 2.00 bits per heavy atom. The standard InChI is InChI=1S/C15H15FN2O2/c1-8-6-9(2)14(19)12(7-8)18-15(20)10-4-3-5-11(16)13(10)17/h3-7,19H,17H2,1-2H3,(H,18,20). The lowest BCUT2D eigenvalue weighted by molar-refractivity contribution is 0.102. The smallest absolute Gasteiger partial charge is 0.257 e. The number of anilines is 2. The second-order valence-corrected chi connectivity index (χ2v) is 4.63. The minimum absolute atomic E-state index is 0.0149. The van der Waals surface area contributed by atoms with Gasteiger partial charge in [0.2, 0.25) is 0 Å². The van der Waals surface area contributed by atoms with Gasteiger partial charge < -0.3 is 16.2 Å². The van der Waals surface area contributed by atoms with Crippen molar-refractivity contribution < 1.29 is 14.3 Å². The molecular formula is C15H15FN2O2. The fraction of sp³-hybridized carbons (Fsp3) is 0.133. The Hall–Kier alpha value is -2.56. The fourth-order valence-corrected chi connectivity index (χ4v) is 1.98. The van der Waals surface area contributed by atoms with Crippen LogP contribution in [0.25, 0.3) is 0 Å². The molecule has 1 amide bonds. The summed E-state index contributed by atoms with van der Waals surface area (Å²) in [6.45, 7) is 3.58. The van der Waals surface area contributed by atoms with Crippen LogP contribution >= 0.6 is 0 Å². The maximum atomic E-state index is 13.3. The average molecular weight is 274 g/mol. The van der Waals surface area contributed by atoms with E-state index in [1.165, 1.54) is 18.2 Å². The highest BCUT2D eigenvalue weighted by Crippen LogP contribution is 2.29. The number of phenols is 1. The number of halogens is 1. The maximum Gasteiger partial charge on any atom is 0.257 e. The fourth-order valence-electron chi connectivity index (χ4n) is 1.98. The molecular weight excluding hydrogens is 259 g/mol. The van der Waals surface area contributed by atoms with E-state index in [1.807, 2.05) is 6.92 Å². The van der Waals surface area contributed by atoms with Gasteiger partial charge in [0, 0.05) is 0 Å². The first-order valence-corrected chi connectivity index (χ1v) is 6.05. The van der Waals surface area contributed by atoms with E-state index in [0.717, 1.165) is 5.56 Å². The molecule has 20 heavy (non-hydrogen) atoms. The molecule has 0 bridgehead atoms. The molecule has 0 saturated carbocycles. The van der Waals surface area contributed by atoms with E-state index in [-0.39, 0.29) is 22.7 Å². The zero-order valence-electron chi connectivity index (χ0n) is 11.2. The van der Waals surface area contributed by atoms with E-state index in [2.05, 4.69) is 5.32 Å². The Morgan fingerprint density at radius 3 is 2.70 bits per heavy atom. The monoisotopic (exact) mass is 274 g/mol. The van der Waals surface area contributed by atoms with Crippen molar-refractivity contribution in [3.63, 3.8) is 0 Å². The number of carbonyl (C=O) groups is 1. The van der Waals surface area contributed by atoms with Gasteiger partial charge in [0.1, 0.15) is 11.6 Å². The van der Waals surface area contributed by atoms with Crippen LogP contribution in [0.2, 0.25) is 0 Å². The van der Waals surface area contributed by atoms with Crippen LogP contribution in [0.1, 0.15) is 21.5 Å². The zero-order chi connectivity index (χ0) is 14.9. The number of nitrogen functional groups attached to an aromatic ring is 1. The van der Waals surface area contributed by atoms with Gasteiger partial charge in [-0.3, -0.25) is 4.79 Å². The number of nitrogens with one attached hydrogen (secondary N) is 1. The van der Waals surface area contributed by atoms with Gasteiger partial charge in [-0.1, -0.05) is 12.1 Å². The lowest BCUT2D eigenvalue weighted by Crippen LogP contribution is -2.15. The van der Waals surface area contributed by atoms with Crippen LogP contribution in [0.15, 0.2) is 30.3 Å². The second-order valence-electron chi connectivity index (χ2n) is 4.63. The summed E-state index contributed by atoms with van der Waals surface area (Å²) in [6, 6.07) is 7.44. The van der Waals surface area contributed by atoms with E-state index >= 15 is 0 Å². The Morgan fingerprint density at radius 1 is 1.30 bits per heavy atom. The number of para-hydroxylation sites is 1. The molecule has 104 valence electrons. The van der Waals surface area contributed by atoms with Gasteiger partial charge in [-0.2, -0.15) is 0 Å². The first-order valence-electron chi connectivity index (χ1n) is 6.05. The number of aryl methyl sites for hydroxylation is 2. The van der Waals surface area contributed by atoms with Crippen molar-refractivity contribution in [3.05, 3.63) is 52.8 Å². The van der Waals surface area contributed by atoms with Crippen LogP contribution in [0.5, 0.6) is 5.75 Å². The first-order chi connectivity index (χ1) is 9.40. The molecule has 2 aromatic rings. The number of rotatable bonds is 2. The summed E-state index contributed by atoms with van der Waals surface area (Å²) in [7, 11) is 0. The normalized spacial score (nSPS) is 10.3.